The molecule has 1 aliphatic rings. The molecule has 1 amide bonds. The molecule has 7 nitrogen and oxygen atoms in total. The van der Waals surface area contributed by atoms with Crippen molar-refractivity contribution in [2.45, 2.75) is 32.9 Å². The number of phenols is 1. The van der Waals surface area contributed by atoms with Gasteiger partial charge in [-0.1, -0.05) is 18.2 Å². The highest BCUT2D eigenvalue weighted by Gasteiger charge is 2.29. The number of hydrogen-bond donors (Lipinski definition) is 1. The third kappa shape index (κ3) is 5.84. The molecule has 2 heterocycles. The Balaban J connectivity index is 1.60. The van der Waals surface area contributed by atoms with Crippen molar-refractivity contribution in [2.24, 2.45) is 5.92 Å². The van der Waals surface area contributed by atoms with Crippen LogP contribution in [-0.4, -0.2) is 53.0 Å². The van der Waals surface area contributed by atoms with Crippen LogP contribution in [-0.2, 0) is 27.4 Å². The van der Waals surface area contributed by atoms with E-state index in [9.17, 15) is 14.7 Å². The summed E-state index contributed by atoms with van der Waals surface area (Å²) in [5, 5.41) is 10.1. The van der Waals surface area contributed by atoms with Crippen LogP contribution in [0.25, 0.3) is 0 Å². The van der Waals surface area contributed by atoms with Crippen molar-refractivity contribution in [1.82, 2.24) is 9.80 Å². The maximum absolute atomic E-state index is 12.9. The molecule has 1 aliphatic heterocycles. The number of nitrogens with zero attached hydrogens (tertiary/aromatic N) is 2. The highest BCUT2D eigenvalue weighted by molar-refractivity contribution is 5.79. The minimum absolute atomic E-state index is 0.00860. The number of furan rings is 1. The van der Waals surface area contributed by atoms with Crippen LogP contribution >= 0.6 is 0 Å². The predicted octanol–water partition coefficient (Wildman–Crippen LogP) is 2.79. The maximum atomic E-state index is 12.9. The van der Waals surface area contributed by atoms with Gasteiger partial charge in [-0.25, -0.2) is 0 Å². The Hall–Kier alpha value is -2.80. The quantitative estimate of drug-likeness (QED) is 0.686. The van der Waals surface area contributed by atoms with E-state index in [1.807, 2.05) is 29.2 Å². The van der Waals surface area contributed by atoms with Crippen LogP contribution in [0.5, 0.6) is 5.75 Å². The molecular formula is C22H28N2O5. The Kier molecular flexibility index (Phi) is 7.30. The minimum Gasteiger partial charge on any atom is -0.508 e. The summed E-state index contributed by atoms with van der Waals surface area (Å²) in [4.78, 5) is 28.5. The van der Waals surface area contributed by atoms with Gasteiger partial charge in [0.2, 0.25) is 5.91 Å². The van der Waals surface area contributed by atoms with E-state index in [0.29, 0.717) is 45.6 Å². The summed E-state index contributed by atoms with van der Waals surface area (Å²) in [5.41, 5.74) is 0.757. The number of hydrogen-bond acceptors (Lipinski definition) is 6. The number of benzene rings is 1. The Bertz CT molecular complexity index is 797. The molecule has 0 aliphatic carbocycles. The van der Waals surface area contributed by atoms with Crippen LogP contribution in [0.2, 0.25) is 0 Å². The maximum Gasteiger partial charge on any atom is 0.309 e. The summed E-state index contributed by atoms with van der Waals surface area (Å²) in [6.07, 6.45) is 2.86. The zero-order chi connectivity index (χ0) is 20.6. The standard InChI is InChI=1S/C22H28N2O5/c1-2-28-22(27)17-9-11-24(12-10-17)21(26)16-23(15-19-7-5-13-29-19)14-18-6-3-4-8-20(18)25/h3-8,13,17,25H,2,9-12,14-16H2,1H3. The summed E-state index contributed by atoms with van der Waals surface area (Å²) in [7, 11) is 0. The second kappa shape index (κ2) is 10.1. The topological polar surface area (TPSA) is 83.2 Å². The van der Waals surface area contributed by atoms with Crippen LogP contribution in [0.4, 0.5) is 0 Å². The molecule has 156 valence electrons. The van der Waals surface area contributed by atoms with Gasteiger partial charge < -0.3 is 19.2 Å². The van der Waals surface area contributed by atoms with Crippen molar-refractivity contribution < 1.29 is 23.8 Å². The summed E-state index contributed by atoms with van der Waals surface area (Å²) in [6, 6.07) is 10.8. The molecule has 1 aromatic heterocycles. The summed E-state index contributed by atoms with van der Waals surface area (Å²) in [5.74, 6) is 0.682. The van der Waals surface area contributed by atoms with Crippen LogP contribution < -0.4 is 0 Å². The number of rotatable bonds is 8. The average Bonchev–Trinajstić information content (AvgIpc) is 3.23. The van der Waals surface area contributed by atoms with E-state index in [2.05, 4.69) is 0 Å². The molecule has 0 saturated carbocycles. The van der Waals surface area contributed by atoms with E-state index in [1.54, 1.807) is 30.2 Å². The molecule has 7 heteroatoms. The number of amides is 1. The Labute approximate surface area is 170 Å². The molecule has 0 spiro atoms. The van der Waals surface area contributed by atoms with Crippen molar-refractivity contribution in [3.63, 3.8) is 0 Å². The first-order valence-corrected chi connectivity index (χ1v) is 10.0. The van der Waals surface area contributed by atoms with Crippen molar-refractivity contribution in [3.8, 4) is 5.75 Å². The fraction of sp³-hybridized carbons (Fsp3) is 0.455. The molecular weight excluding hydrogens is 372 g/mol. The minimum atomic E-state index is -0.168. The lowest BCUT2D eigenvalue weighted by Gasteiger charge is -2.32. The van der Waals surface area contributed by atoms with Gasteiger partial charge >= 0.3 is 5.97 Å². The van der Waals surface area contributed by atoms with E-state index in [1.165, 1.54) is 0 Å². The van der Waals surface area contributed by atoms with E-state index in [4.69, 9.17) is 9.15 Å². The van der Waals surface area contributed by atoms with Gasteiger partial charge in [-0.2, -0.15) is 0 Å². The van der Waals surface area contributed by atoms with Gasteiger partial charge in [-0.05, 0) is 38.0 Å². The second-order valence-corrected chi connectivity index (χ2v) is 7.26. The molecule has 0 bridgehead atoms. The molecule has 1 N–H and O–H groups in total. The molecule has 1 aromatic carbocycles. The van der Waals surface area contributed by atoms with Crippen LogP contribution in [0.1, 0.15) is 31.1 Å². The van der Waals surface area contributed by atoms with Crippen molar-refractivity contribution in [1.29, 1.82) is 0 Å². The van der Waals surface area contributed by atoms with Crippen LogP contribution in [0.15, 0.2) is 47.1 Å². The number of aromatic hydroxyl groups is 1. The fourth-order valence-corrected chi connectivity index (χ4v) is 3.59. The molecule has 0 radical (unpaired) electrons. The van der Waals surface area contributed by atoms with Gasteiger partial charge in [0.1, 0.15) is 11.5 Å². The van der Waals surface area contributed by atoms with Gasteiger partial charge in [0.25, 0.3) is 0 Å². The number of para-hydroxylation sites is 1. The number of ether oxygens (including phenoxy) is 1. The largest absolute Gasteiger partial charge is 0.508 e. The third-order valence-corrected chi connectivity index (χ3v) is 5.17. The van der Waals surface area contributed by atoms with Gasteiger partial charge in [0.15, 0.2) is 0 Å². The summed E-state index contributed by atoms with van der Waals surface area (Å²) < 4.78 is 10.5. The number of carbonyl (C=O) groups is 2. The zero-order valence-corrected chi connectivity index (χ0v) is 16.8. The van der Waals surface area contributed by atoms with Crippen LogP contribution in [0.3, 0.4) is 0 Å². The molecule has 2 aromatic rings. The number of carbonyl (C=O) groups excluding carboxylic acids is 2. The lowest BCUT2D eigenvalue weighted by Crippen LogP contribution is -2.45. The Morgan fingerprint density at radius 1 is 1.17 bits per heavy atom. The van der Waals surface area contributed by atoms with Crippen molar-refractivity contribution >= 4 is 11.9 Å². The normalized spacial score (nSPS) is 14.9. The van der Waals surface area contributed by atoms with E-state index < -0.39 is 0 Å². The van der Waals surface area contributed by atoms with Crippen LogP contribution in [0, 0.1) is 5.92 Å². The number of esters is 1. The van der Waals surface area contributed by atoms with Crippen molar-refractivity contribution in [2.75, 3.05) is 26.2 Å². The van der Waals surface area contributed by atoms with E-state index in [0.717, 1.165) is 11.3 Å². The first kappa shape index (κ1) is 20.9. The molecule has 1 fully saturated rings. The first-order chi connectivity index (χ1) is 14.1. The fourth-order valence-electron chi connectivity index (χ4n) is 3.59. The van der Waals surface area contributed by atoms with Crippen molar-refractivity contribution in [3.05, 3.63) is 54.0 Å². The monoisotopic (exact) mass is 400 g/mol. The summed E-state index contributed by atoms with van der Waals surface area (Å²) in [6.45, 7) is 4.38. The SMILES string of the molecule is CCOC(=O)C1CCN(C(=O)CN(Cc2ccco2)Cc2ccccc2O)CC1. The van der Waals surface area contributed by atoms with Gasteiger partial charge in [-0.3, -0.25) is 14.5 Å². The Morgan fingerprint density at radius 3 is 2.59 bits per heavy atom. The van der Waals surface area contributed by atoms with E-state index >= 15 is 0 Å². The molecule has 0 atom stereocenters. The number of likely N-dealkylation sites (tertiary alicyclic amines) is 1. The summed E-state index contributed by atoms with van der Waals surface area (Å²) >= 11 is 0. The average molecular weight is 400 g/mol. The predicted molar refractivity (Wildman–Crippen MR) is 107 cm³/mol. The molecule has 0 unspecified atom stereocenters. The lowest BCUT2D eigenvalue weighted by atomic mass is 9.97. The smallest absolute Gasteiger partial charge is 0.309 e. The number of phenolic OH excluding ortho intramolecular Hbond substituents is 1. The molecule has 1 saturated heterocycles. The second-order valence-electron chi connectivity index (χ2n) is 7.26. The molecule has 3 rings (SSSR count). The van der Waals surface area contributed by atoms with Gasteiger partial charge in [-0.15, -0.1) is 0 Å². The Morgan fingerprint density at radius 2 is 1.93 bits per heavy atom. The van der Waals surface area contributed by atoms with Gasteiger partial charge in [0.05, 0.1) is 31.9 Å². The first-order valence-electron chi connectivity index (χ1n) is 10.0. The highest BCUT2D eigenvalue weighted by Crippen LogP contribution is 2.21. The third-order valence-electron chi connectivity index (χ3n) is 5.17. The zero-order valence-electron chi connectivity index (χ0n) is 16.8. The number of piperidine rings is 1. The highest BCUT2D eigenvalue weighted by atomic mass is 16.5. The van der Waals surface area contributed by atoms with Gasteiger partial charge in [0, 0.05) is 25.2 Å². The lowest BCUT2D eigenvalue weighted by molar-refractivity contribution is -0.151. The molecule has 29 heavy (non-hydrogen) atoms. The van der Waals surface area contributed by atoms with E-state index in [-0.39, 0.29) is 30.1 Å².